The van der Waals surface area contributed by atoms with Crippen LogP contribution in [0.5, 0.6) is 5.88 Å². The Bertz CT molecular complexity index is 2200. The van der Waals surface area contributed by atoms with Gasteiger partial charge in [-0.2, -0.15) is 0 Å². The molecule has 5 rings (SSSR count). The Morgan fingerprint density at radius 3 is 2.54 bits per heavy atom. The molecule has 7 N–H and O–H groups in total. The molecule has 0 fully saturated rings. The average molecular weight is 702 g/mol. The largest absolute Gasteiger partial charge is 0.481 e. The lowest BCUT2D eigenvalue weighted by Crippen LogP contribution is -2.59. The fourth-order valence-electron chi connectivity index (χ4n) is 6.61. The standard InChI is InChI=1S/C36H44ClN9O4/c1-20-22(10-8-13-25(20)42-32(39)30-28(19-38)45(4)36(49)46(5)34(30)47)23-11-7-12-24(31(23)37)26-18-21-14-15-27(29(21)33(43-26)50-6)44(3)17-9-16-41-35(48)40-2/h7-8,10-13,18-19,27,42H,9,14-17,38-39H2,1-6H3,(H2,40,41,48)/b28-19+,32-30-. The highest BCUT2D eigenvalue weighted by Crippen LogP contribution is 2.44. The monoisotopic (exact) mass is 701 g/mol. The fraction of sp³-hybridized carbons (Fsp3) is 0.333. The van der Waals surface area contributed by atoms with E-state index >= 15 is 0 Å². The molecule has 1 atom stereocenters. The second kappa shape index (κ2) is 15.1. The molecule has 14 heteroatoms. The summed E-state index contributed by atoms with van der Waals surface area (Å²) < 4.78 is 8.12. The first-order valence-corrected chi connectivity index (χ1v) is 16.7. The summed E-state index contributed by atoms with van der Waals surface area (Å²) in [5.74, 6) is 0.626. The van der Waals surface area contributed by atoms with Crippen molar-refractivity contribution in [2.75, 3.05) is 39.6 Å². The highest BCUT2D eigenvalue weighted by Gasteiger charge is 2.31. The minimum Gasteiger partial charge on any atom is -0.481 e. The van der Waals surface area contributed by atoms with E-state index in [2.05, 4.69) is 34.0 Å². The fourth-order valence-corrected chi connectivity index (χ4v) is 6.93. The molecule has 264 valence electrons. The molecule has 1 aliphatic carbocycles. The van der Waals surface area contributed by atoms with Crippen molar-refractivity contribution >= 4 is 35.3 Å². The zero-order chi connectivity index (χ0) is 36.3. The number of aromatic nitrogens is 3. The molecule has 0 aliphatic heterocycles. The van der Waals surface area contributed by atoms with Gasteiger partial charge < -0.3 is 32.2 Å². The zero-order valence-corrected chi connectivity index (χ0v) is 29.9. The minimum atomic E-state index is -0.565. The van der Waals surface area contributed by atoms with Crippen molar-refractivity contribution in [2.24, 2.45) is 25.6 Å². The SMILES string of the molecule is CNC(=O)NCCCN(C)C1CCc2cc(-c3cccc(-c4cccc(N/C(N)=c5\c(=O)n(C)c(=O)n(C)\c5=C\N)c4C)c3Cl)nc(OC)c21. The number of hydrogen-bond donors (Lipinski definition) is 5. The minimum absolute atomic E-state index is 0.0527. The summed E-state index contributed by atoms with van der Waals surface area (Å²) in [6.45, 7) is 3.32. The summed E-state index contributed by atoms with van der Waals surface area (Å²) in [5, 5.41) is 9.39. The maximum atomic E-state index is 13.1. The molecule has 1 aliphatic rings. The van der Waals surface area contributed by atoms with Crippen LogP contribution in [0.2, 0.25) is 5.02 Å². The van der Waals surface area contributed by atoms with E-state index in [1.165, 1.54) is 30.4 Å². The Hall–Kier alpha value is -5.27. The topological polar surface area (TPSA) is 175 Å². The second-order valence-corrected chi connectivity index (χ2v) is 12.7. The molecule has 0 bridgehead atoms. The maximum Gasteiger partial charge on any atom is 0.330 e. The number of benzene rings is 2. The van der Waals surface area contributed by atoms with Gasteiger partial charge in [-0.15, -0.1) is 0 Å². The summed E-state index contributed by atoms with van der Waals surface area (Å²) in [6.07, 6.45) is 3.80. The van der Waals surface area contributed by atoms with E-state index in [1.807, 2.05) is 43.3 Å². The summed E-state index contributed by atoms with van der Waals surface area (Å²) in [5.41, 5.74) is 18.1. The Morgan fingerprint density at radius 2 is 1.84 bits per heavy atom. The molecule has 0 spiro atoms. The lowest BCUT2D eigenvalue weighted by atomic mass is 9.96. The molecule has 2 amide bonds. The van der Waals surface area contributed by atoms with E-state index in [4.69, 9.17) is 32.8 Å². The highest BCUT2D eigenvalue weighted by atomic mass is 35.5. The molecule has 50 heavy (non-hydrogen) atoms. The molecular weight excluding hydrogens is 658 g/mol. The molecular formula is C36H44ClN9O4. The maximum absolute atomic E-state index is 13.1. The van der Waals surface area contributed by atoms with Gasteiger partial charge in [0.25, 0.3) is 5.56 Å². The molecule has 0 saturated carbocycles. The van der Waals surface area contributed by atoms with Crippen LogP contribution in [0.25, 0.3) is 34.4 Å². The number of urea groups is 1. The van der Waals surface area contributed by atoms with Crippen LogP contribution in [-0.2, 0) is 20.5 Å². The predicted molar refractivity (Wildman–Crippen MR) is 198 cm³/mol. The van der Waals surface area contributed by atoms with E-state index < -0.39 is 11.2 Å². The van der Waals surface area contributed by atoms with Gasteiger partial charge in [0.15, 0.2) is 0 Å². The van der Waals surface area contributed by atoms with Crippen molar-refractivity contribution in [1.29, 1.82) is 0 Å². The molecule has 1 unspecified atom stereocenters. The predicted octanol–water partition coefficient (Wildman–Crippen LogP) is 1.85. The number of amides is 2. The number of fused-ring (bicyclic) bond motifs is 1. The van der Waals surface area contributed by atoms with Gasteiger partial charge in [0, 0.05) is 68.9 Å². The summed E-state index contributed by atoms with van der Waals surface area (Å²) in [7, 11) is 8.24. The van der Waals surface area contributed by atoms with E-state index in [1.54, 1.807) is 14.2 Å². The number of carbonyl (C=O) groups excluding carboxylic acids is 1. The number of pyridine rings is 1. The van der Waals surface area contributed by atoms with Crippen molar-refractivity contribution in [3.8, 4) is 28.3 Å². The first-order chi connectivity index (χ1) is 23.9. The highest BCUT2D eigenvalue weighted by molar-refractivity contribution is 6.36. The lowest BCUT2D eigenvalue weighted by Gasteiger charge is -2.26. The van der Waals surface area contributed by atoms with Gasteiger partial charge in [-0.05, 0) is 62.1 Å². The normalized spacial score (nSPS) is 14.8. The molecule has 2 aromatic carbocycles. The van der Waals surface area contributed by atoms with Crippen molar-refractivity contribution in [2.45, 2.75) is 32.2 Å². The number of nitrogens with zero attached hydrogens (tertiary/aromatic N) is 4. The quantitative estimate of drug-likeness (QED) is 0.155. The Kier molecular flexibility index (Phi) is 10.9. The third-order valence-electron chi connectivity index (χ3n) is 9.36. The molecule has 4 aromatic rings. The van der Waals surface area contributed by atoms with Crippen molar-refractivity contribution in [3.05, 3.63) is 95.6 Å². The summed E-state index contributed by atoms with van der Waals surface area (Å²) in [4.78, 5) is 44.3. The third kappa shape index (κ3) is 6.78. The lowest BCUT2D eigenvalue weighted by molar-refractivity contribution is 0.229. The molecule has 0 radical (unpaired) electrons. The van der Waals surface area contributed by atoms with E-state index in [0.717, 1.165) is 58.2 Å². The van der Waals surface area contributed by atoms with Gasteiger partial charge >= 0.3 is 11.7 Å². The smallest absolute Gasteiger partial charge is 0.330 e. The number of carbonyl (C=O) groups is 1. The van der Waals surface area contributed by atoms with E-state index in [-0.39, 0.29) is 28.5 Å². The first-order valence-electron chi connectivity index (χ1n) is 16.3. The van der Waals surface area contributed by atoms with Crippen LogP contribution in [0.1, 0.15) is 35.6 Å². The van der Waals surface area contributed by atoms with Crippen LogP contribution in [0, 0.1) is 6.92 Å². The van der Waals surface area contributed by atoms with Crippen LogP contribution < -0.4 is 54.0 Å². The number of nitrogens with one attached hydrogen (secondary N) is 3. The van der Waals surface area contributed by atoms with Crippen LogP contribution in [-0.4, -0.2) is 59.3 Å². The Balaban J connectivity index is 1.48. The number of rotatable bonds is 10. The molecule has 2 aromatic heterocycles. The number of halogens is 1. The van der Waals surface area contributed by atoms with Crippen LogP contribution in [0.3, 0.4) is 0 Å². The Labute approximate surface area is 295 Å². The zero-order valence-electron chi connectivity index (χ0n) is 29.2. The number of methoxy groups -OCH3 is 1. The summed E-state index contributed by atoms with van der Waals surface area (Å²) >= 11 is 7.17. The summed E-state index contributed by atoms with van der Waals surface area (Å²) in [6, 6.07) is 13.6. The molecule has 0 saturated heterocycles. The van der Waals surface area contributed by atoms with Gasteiger partial charge in [0.2, 0.25) is 5.88 Å². The number of ether oxygens (including phenoxy) is 1. The van der Waals surface area contributed by atoms with Gasteiger partial charge in [0.05, 0.1) is 23.2 Å². The Morgan fingerprint density at radius 1 is 1.14 bits per heavy atom. The van der Waals surface area contributed by atoms with Gasteiger partial charge in [0.1, 0.15) is 11.0 Å². The van der Waals surface area contributed by atoms with E-state index in [0.29, 0.717) is 28.8 Å². The number of nitrogens with two attached hydrogens (primary N) is 2. The van der Waals surface area contributed by atoms with Crippen LogP contribution in [0.4, 0.5) is 10.5 Å². The second-order valence-electron chi connectivity index (χ2n) is 12.3. The van der Waals surface area contributed by atoms with Gasteiger partial charge in [-0.25, -0.2) is 14.6 Å². The first kappa shape index (κ1) is 36.0. The average Bonchev–Trinajstić information content (AvgIpc) is 3.55. The number of anilines is 1. The number of aryl methyl sites for hydroxylation is 1. The van der Waals surface area contributed by atoms with Gasteiger partial charge in [-0.3, -0.25) is 18.8 Å². The van der Waals surface area contributed by atoms with Crippen molar-refractivity contribution < 1.29 is 9.53 Å². The number of hydrogen-bond acceptors (Lipinski definition) is 9. The molecule has 13 nitrogen and oxygen atoms in total. The van der Waals surface area contributed by atoms with Crippen LogP contribution >= 0.6 is 11.6 Å². The van der Waals surface area contributed by atoms with Crippen molar-refractivity contribution in [1.82, 2.24) is 29.7 Å². The third-order valence-corrected chi connectivity index (χ3v) is 9.77. The van der Waals surface area contributed by atoms with Crippen LogP contribution in [0.15, 0.2) is 52.1 Å². The van der Waals surface area contributed by atoms with Crippen molar-refractivity contribution in [3.63, 3.8) is 0 Å². The van der Waals surface area contributed by atoms with Gasteiger partial charge in [-0.1, -0.05) is 41.9 Å². The molecule has 2 heterocycles. The van der Waals surface area contributed by atoms with E-state index in [9.17, 15) is 14.4 Å².